The van der Waals surface area contributed by atoms with Gasteiger partial charge in [-0.3, -0.25) is 13.9 Å². The zero-order valence-corrected chi connectivity index (χ0v) is 26.9. The zero-order chi connectivity index (χ0) is 31.7. The number of nitrogens with zero attached hydrogens (tertiary/aromatic N) is 2. The van der Waals surface area contributed by atoms with Crippen LogP contribution in [0.2, 0.25) is 10.0 Å². The maximum absolute atomic E-state index is 14.5. The maximum Gasteiger partial charge on any atom is 0.264 e. The van der Waals surface area contributed by atoms with Crippen molar-refractivity contribution >= 4 is 50.7 Å². The molecule has 4 aromatic rings. The van der Waals surface area contributed by atoms with Crippen molar-refractivity contribution in [2.75, 3.05) is 17.4 Å². The standard InChI is InChI=1S/C34H35Cl2N3O4S/c1-3-21-37-34(41)32(22-26-14-6-4-7-15-26)38(23-28-29(35)18-12-19-30(28)36)33(40)24-39(31-20-11-10-13-25(31)2)44(42,43)27-16-8-5-9-17-27/h4-20,32H,3,21-24H2,1-2H3,(H,37,41)/t32-/m1/s1. The quantitative estimate of drug-likeness (QED) is 0.175. The number of nitrogens with one attached hydrogen (secondary N) is 1. The van der Waals surface area contributed by atoms with Crippen LogP contribution in [0, 0.1) is 6.92 Å². The number of amides is 2. The van der Waals surface area contributed by atoms with E-state index in [9.17, 15) is 18.0 Å². The second-order valence-electron chi connectivity index (χ2n) is 10.3. The number of para-hydroxylation sites is 1. The molecule has 0 heterocycles. The average Bonchev–Trinajstić information content (AvgIpc) is 3.02. The fourth-order valence-corrected chi connectivity index (χ4v) is 6.87. The van der Waals surface area contributed by atoms with Crippen LogP contribution in [0.25, 0.3) is 0 Å². The van der Waals surface area contributed by atoms with Gasteiger partial charge in [0, 0.05) is 35.1 Å². The van der Waals surface area contributed by atoms with E-state index in [1.165, 1.54) is 17.0 Å². The Labute approximate surface area is 269 Å². The van der Waals surface area contributed by atoms with Gasteiger partial charge in [0.1, 0.15) is 12.6 Å². The maximum atomic E-state index is 14.5. The van der Waals surface area contributed by atoms with E-state index in [0.29, 0.717) is 39.8 Å². The smallest absolute Gasteiger partial charge is 0.264 e. The minimum absolute atomic E-state index is 0.0401. The first-order chi connectivity index (χ1) is 21.1. The van der Waals surface area contributed by atoms with Gasteiger partial charge in [-0.15, -0.1) is 0 Å². The minimum Gasteiger partial charge on any atom is -0.354 e. The van der Waals surface area contributed by atoms with E-state index in [0.717, 1.165) is 9.87 Å². The Hall–Kier alpha value is -3.85. The Morgan fingerprint density at radius 1 is 0.818 bits per heavy atom. The summed E-state index contributed by atoms with van der Waals surface area (Å²) in [6, 6.07) is 28.3. The first-order valence-electron chi connectivity index (χ1n) is 14.3. The molecule has 0 fully saturated rings. The Morgan fingerprint density at radius 3 is 2.02 bits per heavy atom. The van der Waals surface area contributed by atoms with Crippen LogP contribution in [0.15, 0.2) is 108 Å². The fourth-order valence-electron chi connectivity index (χ4n) is 4.85. The summed E-state index contributed by atoms with van der Waals surface area (Å²) in [7, 11) is -4.18. The van der Waals surface area contributed by atoms with Crippen molar-refractivity contribution in [1.82, 2.24) is 10.2 Å². The van der Waals surface area contributed by atoms with Crippen LogP contribution >= 0.6 is 23.2 Å². The van der Waals surface area contributed by atoms with Gasteiger partial charge in [0.15, 0.2) is 0 Å². The number of benzene rings is 4. The summed E-state index contributed by atoms with van der Waals surface area (Å²) in [5.74, 6) is -0.947. The molecule has 0 aliphatic rings. The van der Waals surface area contributed by atoms with Crippen molar-refractivity contribution in [3.05, 3.63) is 130 Å². The SMILES string of the molecule is CCCNC(=O)[C@@H](Cc1ccccc1)N(Cc1c(Cl)cccc1Cl)C(=O)CN(c1ccccc1C)S(=O)(=O)c1ccccc1. The molecular weight excluding hydrogens is 617 g/mol. The van der Waals surface area contributed by atoms with Gasteiger partial charge in [-0.1, -0.05) is 103 Å². The molecule has 2 amide bonds. The van der Waals surface area contributed by atoms with Gasteiger partial charge in [-0.25, -0.2) is 8.42 Å². The van der Waals surface area contributed by atoms with Crippen LogP contribution in [0.1, 0.15) is 30.0 Å². The van der Waals surface area contributed by atoms with Gasteiger partial charge in [0.25, 0.3) is 10.0 Å². The first-order valence-corrected chi connectivity index (χ1v) is 16.5. The third-order valence-corrected chi connectivity index (χ3v) is 9.69. The molecule has 4 aromatic carbocycles. The number of halogens is 2. The van der Waals surface area contributed by atoms with Crippen molar-refractivity contribution in [3.63, 3.8) is 0 Å². The number of aryl methyl sites for hydroxylation is 1. The molecule has 1 N–H and O–H groups in total. The number of hydrogen-bond donors (Lipinski definition) is 1. The van der Waals surface area contributed by atoms with E-state index < -0.39 is 28.5 Å². The monoisotopic (exact) mass is 651 g/mol. The molecule has 0 unspecified atom stereocenters. The molecule has 44 heavy (non-hydrogen) atoms. The molecule has 0 bridgehead atoms. The van der Waals surface area contributed by atoms with Gasteiger partial charge >= 0.3 is 0 Å². The largest absolute Gasteiger partial charge is 0.354 e. The van der Waals surface area contributed by atoms with Gasteiger partial charge in [0.2, 0.25) is 11.8 Å². The van der Waals surface area contributed by atoms with Crippen LogP contribution in [0.4, 0.5) is 5.69 Å². The molecule has 230 valence electrons. The molecule has 4 rings (SSSR count). The van der Waals surface area contributed by atoms with E-state index in [1.807, 2.05) is 37.3 Å². The summed E-state index contributed by atoms with van der Waals surface area (Å²) in [6.07, 6.45) is 0.893. The molecule has 0 saturated heterocycles. The van der Waals surface area contributed by atoms with Crippen molar-refractivity contribution < 1.29 is 18.0 Å². The minimum atomic E-state index is -4.18. The summed E-state index contributed by atoms with van der Waals surface area (Å²) in [4.78, 5) is 29.7. The lowest BCUT2D eigenvalue weighted by atomic mass is 10.0. The van der Waals surface area contributed by atoms with Crippen molar-refractivity contribution in [2.45, 2.75) is 44.2 Å². The lowest BCUT2D eigenvalue weighted by molar-refractivity contribution is -0.140. The van der Waals surface area contributed by atoms with E-state index in [1.54, 1.807) is 67.6 Å². The third kappa shape index (κ3) is 8.00. The second-order valence-corrected chi connectivity index (χ2v) is 13.0. The molecule has 0 aliphatic carbocycles. The predicted octanol–water partition coefficient (Wildman–Crippen LogP) is 6.66. The van der Waals surface area contributed by atoms with Crippen molar-refractivity contribution in [2.24, 2.45) is 0 Å². The Bertz CT molecular complexity index is 1670. The number of rotatable bonds is 13. The Balaban J connectivity index is 1.83. The molecule has 0 radical (unpaired) electrons. The molecular formula is C34H35Cl2N3O4S. The molecule has 1 atom stereocenters. The lowest BCUT2D eigenvalue weighted by Crippen LogP contribution is -2.53. The summed E-state index contributed by atoms with van der Waals surface area (Å²) >= 11 is 13.1. The summed E-state index contributed by atoms with van der Waals surface area (Å²) in [5.41, 5.74) is 2.32. The highest BCUT2D eigenvalue weighted by Crippen LogP contribution is 2.30. The zero-order valence-electron chi connectivity index (χ0n) is 24.6. The molecule has 10 heteroatoms. The number of carbonyl (C=O) groups excluding carboxylic acids is 2. The molecule has 7 nitrogen and oxygen atoms in total. The lowest BCUT2D eigenvalue weighted by Gasteiger charge is -2.34. The molecule has 0 aromatic heterocycles. The fraction of sp³-hybridized carbons (Fsp3) is 0.235. The van der Waals surface area contributed by atoms with Crippen LogP contribution in [-0.4, -0.2) is 44.3 Å². The number of anilines is 1. The van der Waals surface area contributed by atoms with Crippen LogP contribution in [0.3, 0.4) is 0 Å². The van der Waals surface area contributed by atoms with E-state index in [2.05, 4.69) is 5.32 Å². The Kier molecular flexibility index (Phi) is 11.4. The average molecular weight is 653 g/mol. The summed E-state index contributed by atoms with van der Waals surface area (Å²) in [5, 5.41) is 3.58. The highest BCUT2D eigenvalue weighted by molar-refractivity contribution is 7.92. The molecule has 0 aliphatic heterocycles. The Morgan fingerprint density at radius 2 is 1.41 bits per heavy atom. The van der Waals surface area contributed by atoms with Gasteiger partial charge in [-0.05, 0) is 54.8 Å². The number of carbonyl (C=O) groups is 2. The van der Waals surface area contributed by atoms with Crippen LogP contribution < -0.4 is 9.62 Å². The van der Waals surface area contributed by atoms with Crippen LogP contribution in [0.5, 0.6) is 0 Å². The summed E-state index contributed by atoms with van der Waals surface area (Å²) in [6.45, 7) is 3.47. The van der Waals surface area contributed by atoms with Gasteiger partial charge in [-0.2, -0.15) is 0 Å². The first kappa shape index (κ1) is 33.1. The van der Waals surface area contributed by atoms with E-state index >= 15 is 0 Å². The predicted molar refractivity (Wildman–Crippen MR) is 176 cm³/mol. The second kappa shape index (κ2) is 15.2. The van der Waals surface area contributed by atoms with Crippen molar-refractivity contribution in [3.8, 4) is 0 Å². The topological polar surface area (TPSA) is 86.8 Å². The number of hydrogen-bond acceptors (Lipinski definition) is 4. The normalized spacial score (nSPS) is 11.9. The number of sulfonamides is 1. The van der Waals surface area contributed by atoms with Gasteiger partial charge in [0.05, 0.1) is 10.6 Å². The van der Waals surface area contributed by atoms with E-state index in [4.69, 9.17) is 23.2 Å². The van der Waals surface area contributed by atoms with Crippen molar-refractivity contribution in [1.29, 1.82) is 0 Å². The highest BCUT2D eigenvalue weighted by Gasteiger charge is 2.35. The van der Waals surface area contributed by atoms with Gasteiger partial charge < -0.3 is 10.2 Å². The highest BCUT2D eigenvalue weighted by atomic mass is 35.5. The summed E-state index contributed by atoms with van der Waals surface area (Å²) < 4.78 is 29.3. The third-order valence-electron chi connectivity index (χ3n) is 7.20. The van der Waals surface area contributed by atoms with E-state index in [-0.39, 0.29) is 23.8 Å². The van der Waals surface area contributed by atoms with Crippen LogP contribution in [-0.2, 0) is 32.6 Å². The molecule has 0 spiro atoms. The molecule has 0 saturated carbocycles.